The minimum absolute atomic E-state index is 0.674. The highest BCUT2D eigenvalue weighted by Crippen LogP contribution is 2.04. The molecular formula is C9H16N2. The van der Waals surface area contributed by atoms with Crippen LogP contribution in [0.4, 0.5) is 0 Å². The zero-order valence-electron chi connectivity index (χ0n) is 7.76. The van der Waals surface area contributed by atoms with Gasteiger partial charge in [0.05, 0.1) is 5.69 Å². The molecular weight excluding hydrogens is 136 g/mol. The van der Waals surface area contributed by atoms with Crippen LogP contribution in [0.5, 0.6) is 0 Å². The zero-order valence-corrected chi connectivity index (χ0v) is 7.76. The standard InChI is InChI=1S/C9H16N2/c1-7(2)6-11-9(4)5-8(3)10-11/h5,7H,6H2,1-4H3. The Balaban J connectivity index is 2.77. The van der Waals surface area contributed by atoms with Crippen molar-refractivity contribution in [3.05, 3.63) is 17.5 Å². The second-order valence-electron chi connectivity index (χ2n) is 3.50. The summed E-state index contributed by atoms with van der Waals surface area (Å²) >= 11 is 0. The number of aryl methyl sites for hydroxylation is 2. The summed E-state index contributed by atoms with van der Waals surface area (Å²) in [7, 11) is 0. The van der Waals surface area contributed by atoms with Gasteiger partial charge in [-0.2, -0.15) is 5.10 Å². The fourth-order valence-corrected chi connectivity index (χ4v) is 1.21. The van der Waals surface area contributed by atoms with Crippen molar-refractivity contribution < 1.29 is 0 Å². The van der Waals surface area contributed by atoms with E-state index < -0.39 is 0 Å². The van der Waals surface area contributed by atoms with Crippen LogP contribution in [-0.2, 0) is 6.54 Å². The average molecular weight is 152 g/mol. The van der Waals surface area contributed by atoms with Gasteiger partial charge >= 0.3 is 0 Å². The Kier molecular flexibility index (Phi) is 2.32. The van der Waals surface area contributed by atoms with Crippen molar-refractivity contribution in [2.24, 2.45) is 5.92 Å². The maximum atomic E-state index is 4.37. The molecule has 0 fully saturated rings. The normalized spacial score (nSPS) is 11.0. The van der Waals surface area contributed by atoms with E-state index >= 15 is 0 Å². The smallest absolute Gasteiger partial charge is 0.0596 e. The molecule has 0 aliphatic heterocycles. The molecule has 0 saturated heterocycles. The first-order valence-corrected chi connectivity index (χ1v) is 4.10. The van der Waals surface area contributed by atoms with E-state index in [2.05, 4.69) is 36.6 Å². The summed E-state index contributed by atoms with van der Waals surface area (Å²) in [4.78, 5) is 0. The Hall–Kier alpha value is -0.790. The van der Waals surface area contributed by atoms with Crippen molar-refractivity contribution in [1.82, 2.24) is 9.78 Å². The van der Waals surface area contributed by atoms with Crippen LogP contribution in [-0.4, -0.2) is 9.78 Å². The highest BCUT2D eigenvalue weighted by molar-refractivity contribution is 5.06. The van der Waals surface area contributed by atoms with Crippen LogP contribution >= 0.6 is 0 Å². The van der Waals surface area contributed by atoms with Crippen molar-refractivity contribution in [3.63, 3.8) is 0 Å². The monoisotopic (exact) mass is 152 g/mol. The van der Waals surface area contributed by atoms with Crippen molar-refractivity contribution in [2.75, 3.05) is 0 Å². The molecule has 0 aliphatic rings. The lowest BCUT2D eigenvalue weighted by molar-refractivity contribution is 0.473. The van der Waals surface area contributed by atoms with Gasteiger partial charge in [-0.15, -0.1) is 0 Å². The van der Waals surface area contributed by atoms with Gasteiger partial charge in [0, 0.05) is 12.2 Å². The van der Waals surface area contributed by atoms with Gasteiger partial charge in [-0.05, 0) is 25.8 Å². The van der Waals surface area contributed by atoms with E-state index in [-0.39, 0.29) is 0 Å². The second kappa shape index (κ2) is 3.07. The molecule has 1 aromatic rings. The number of hydrogen-bond donors (Lipinski definition) is 0. The molecule has 11 heavy (non-hydrogen) atoms. The first-order valence-electron chi connectivity index (χ1n) is 4.10. The van der Waals surface area contributed by atoms with Gasteiger partial charge < -0.3 is 0 Å². The Morgan fingerprint density at radius 1 is 1.45 bits per heavy atom. The van der Waals surface area contributed by atoms with E-state index in [9.17, 15) is 0 Å². The number of aromatic nitrogens is 2. The maximum Gasteiger partial charge on any atom is 0.0596 e. The van der Waals surface area contributed by atoms with Crippen LogP contribution in [0, 0.1) is 19.8 Å². The largest absolute Gasteiger partial charge is 0.269 e. The molecule has 0 aromatic carbocycles. The van der Waals surface area contributed by atoms with E-state index in [1.165, 1.54) is 5.69 Å². The molecule has 0 bridgehead atoms. The van der Waals surface area contributed by atoms with Crippen LogP contribution < -0.4 is 0 Å². The molecule has 0 aliphatic carbocycles. The van der Waals surface area contributed by atoms with Crippen LogP contribution in [0.2, 0.25) is 0 Å². The average Bonchev–Trinajstić information content (AvgIpc) is 2.09. The van der Waals surface area contributed by atoms with E-state index in [0.29, 0.717) is 5.92 Å². The minimum Gasteiger partial charge on any atom is -0.269 e. The van der Waals surface area contributed by atoms with Gasteiger partial charge in [0.2, 0.25) is 0 Å². The van der Waals surface area contributed by atoms with Gasteiger partial charge in [-0.1, -0.05) is 13.8 Å². The third kappa shape index (κ3) is 2.07. The lowest BCUT2D eigenvalue weighted by Crippen LogP contribution is -2.07. The Labute approximate surface area is 68.2 Å². The molecule has 1 heterocycles. The van der Waals surface area contributed by atoms with Gasteiger partial charge in [-0.25, -0.2) is 0 Å². The van der Waals surface area contributed by atoms with E-state index in [1.54, 1.807) is 0 Å². The molecule has 1 aromatic heterocycles. The van der Waals surface area contributed by atoms with Crippen LogP contribution in [0.15, 0.2) is 6.07 Å². The predicted octanol–water partition coefficient (Wildman–Crippen LogP) is 2.16. The SMILES string of the molecule is Cc1cc(C)n(CC(C)C)n1. The summed E-state index contributed by atoms with van der Waals surface area (Å²) in [6.07, 6.45) is 0. The highest BCUT2D eigenvalue weighted by Gasteiger charge is 2.01. The van der Waals surface area contributed by atoms with E-state index in [0.717, 1.165) is 12.2 Å². The molecule has 2 nitrogen and oxygen atoms in total. The van der Waals surface area contributed by atoms with Crippen LogP contribution in [0.3, 0.4) is 0 Å². The molecule has 0 spiro atoms. The molecule has 2 heteroatoms. The van der Waals surface area contributed by atoms with Crippen molar-refractivity contribution >= 4 is 0 Å². The van der Waals surface area contributed by atoms with Crippen molar-refractivity contribution in [1.29, 1.82) is 0 Å². The summed E-state index contributed by atoms with van der Waals surface area (Å²) in [6, 6.07) is 2.11. The first kappa shape index (κ1) is 8.31. The molecule has 0 saturated carbocycles. The fraction of sp³-hybridized carbons (Fsp3) is 0.667. The van der Waals surface area contributed by atoms with Gasteiger partial charge in [0.1, 0.15) is 0 Å². The molecule has 0 radical (unpaired) electrons. The molecule has 62 valence electrons. The Morgan fingerprint density at radius 3 is 2.45 bits per heavy atom. The summed E-state index contributed by atoms with van der Waals surface area (Å²) in [6.45, 7) is 9.57. The number of rotatable bonds is 2. The van der Waals surface area contributed by atoms with Crippen molar-refractivity contribution in [3.8, 4) is 0 Å². The Bertz CT molecular complexity index is 236. The molecule has 0 N–H and O–H groups in total. The minimum atomic E-state index is 0.674. The molecule has 1 rings (SSSR count). The fourth-order valence-electron chi connectivity index (χ4n) is 1.21. The molecule has 0 amide bonds. The summed E-state index contributed by atoms with van der Waals surface area (Å²) in [5.74, 6) is 0.674. The van der Waals surface area contributed by atoms with Crippen molar-refractivity contribution in [2.45, 2.75) is 34.2 Å². The topological polar surface area (TPSA) is 17.8 Å². The Morgan fingerprint density at radius 2 is 2.09 bits per heavy atom. The van der Waals surface area contributed by atoms with E-state index in [1.807, 2.05) is 6.92 Å². The summed E-state index contributed by atoms with van der Waals surface area (Å²) in [5, 5.41) is 4.37. The summed E-state index contributed by atoms with van der Waals surface area (Å²) < 4.78 is 2.07. The highest BCUT2D eigenvalue weighted by atomic mass is 15.3. The predicted molar refractivity (Wildman–Crippen MR) is 46.5 cm³/mol. The van der Waals surface area contributed by atoms with Gasteiger partial charge in [0.15, 0.2) is 0 Å². The third-order valence-electron chi connectivity index (χ3n) is 1.64. The molecule has 0 unspecified atom stereocenters. The van der Waals surface area contributed by atoms with E-state index in [4.69, 9.17) is 0 Å². The number of nitrogens with zero attached hydrogens (tertiary/aromatic N) is 2. The lowest BCUT2D eigenvalue weighted by atomic mass is 10.2. The number of hydrogen-bond acceptors (Lipinski definition) is 1. The third-order valence-corrected chi connectivity index (χ3v) is 1.64. The van der Waals surface area contributed by atoms with Gasteiger partial charge in [-0.3, -0.25) is 4.68 Å². The lowest BCUT2D eigenvalue weighted by Gasteiger charge is -2.06. The summed E-state index contributed by atoms with van der Waals surface area (Å²) in [5.41, 5.74) is 2.37. The van der Waals surface area contributed by atoms with Crippen LogP contribution in [0.25, 0.3) is 0 Å². The van der Waals surface area contributed by atoms with Gasteiger partial charge in [0.25, 0.3) is 0 Å². The molecule has 0 atom stereocenters. The zero-order chi connectivity index (χ0) is 8.43. The van der Waals surface area contributed by atoms with Crippen LogP contribution in [0.1, 0.15) is 25.2 Å². The quantitative estimate of drug-likeness (QED) is 0.635. The second-order valence-corrected chi connectivity index (χ2v) is 3.50. The maximum absolute atomic E-state index is 4.37. The first-order chi connectivity index (χ1) is 5.09.